The largest absolute Gasteiger partial charge is 0.324 e. The Morgan fingerprint density at radius 3 is 2.23 bits per heavy atom. The van der Waals surface area contributed by atoms with Crippen molar-refractivity contribution >= 4 is 62.1 Å². The molecule has 1 N–H and O–H groups in total. The van der Waals surface area contributed by atoms with E-state index < -0.39 is 22.5 Å². The Kier molecular flexibility index (Phi) is 6.93. The number of carbonyl (C=O) groups is 1. The zero-order valence-electron chi connectivity index (χ0n) is 15.8. The number of nitrogens with one attached hydrogen (secondary N) is 1. The topological polar surface area (TPSA) is 66.5 Å². The first-order valence-electron chi connectivity index (χ1n) is 8.77. The number of anilines is 2. The molecular formula is C21H17Cl3N2O3S. The summed E-state index contributed by atoms with van der Waals surface area (Å²) in [7, 11) is -4.04. The van der Waals surface area contributed by atoms with Gasteiger partial charge in [0.2, 0.25) is 5.91 Å². The van der Waals surface area contributed by atoms with Crippen LogP contribution in [0.5, 0.6) is 0 Å². The van der Waals surface area contributed by atoms with Gasteiger partial charge in [0.15, 0.2) is 0 Å². The molecule has 5 nitrogen and oxygen atoms in total. The van der Waals surface area contributed by atoms with E-state index >= 15 is 0 Å². The van der Waals surface area contributed by atoms with Crippen molar-refractivity contribution in [1.29, 1.82) is 0 Å². The van der Waals surface area contributed by atoms with Crippen LogP contribution in [0.3, 0.4) is 0 Å². The normalized spacial score (nSPS) is 11.2. The van der Waals surface area contributed by atoms with E-state index in [1.54, 1.807) is 36.4 Å². The number of aryl methyl sites for hydroxylation is 1. The number of nitrogens with zero attached hydrogens (tertiary/aromatic N) is 1. The molecule has 0 aliphatic rings. The molecule has 0 aromatic heterocycles. The Morgan fingerprint density at radius 2 is 1.60 bits per heavy atom. The smallest absolute Gasteiger partial charge is 0.264 e. The van der Waals surface area contributed by atoms with E-state index in [1.807, 2.05) is 6.92 Å². The fraction of sp³-hybridized carbons (Fsp3) is 0.0952. The average Bonchev–Trinajstić information content (AvgIpc) is 2.72. The molecule has 0 aliphatic heterocycles. The van der Waals surface area contributed by atoms with Gasteiger partial charge >= 0.3 is 0 Å². The molecule has 3 aromatic rings. The highest BCUT2D eigenvalue weighted by molar-refractivity contribution is 7.92. The van der Waals surface area contributed by atoms with Crippen LogP contribution >= 0.6 is 34.8 Å². The summed E-state index contributed by atoms with van der Waals surface area (Å²) in [6.07, 6.45) is 0. The molecule has 3 rings (SSSR count). The highest BCUT2D eigenvalue weighted by Gasteiger charge is 2.27. The van der Waals surface area contributed by atoms with Crippen LogP contribution in [0.4, 0.5) is 11.4 Å². The van der Waals surface area contributed by atoms with Crippen molar-refractivity contribution in [2.75, 3.05) is 16.2 Å². The van der Waals surface area contributed by atoms with Crippen LogP contribution in [-0.4, -0.2) is 20.9 Å². The quantitative estimate of drug-likeness (QED) is 0.482. The monoisotopic (exact) mass is 482 g/mol. The van der Waals surface area contributed by atoms with E-state index in [1.165, 1.54) is 30.3 Å². The molecule has 0 spiro atoms. The molecule has 9 heteroatoms. The summed E-state index contributed by atoms with van der Waals surface area (Å²) in [6.45, 7) is 1.37. The lowest BCUT2D eigenvalue weighted by Crippen LogP contribution is -2.38. The van der Waals surface area contributed by atoms with Gasteiger partial charge in [-0.3, -0.25) is 9.10 Å². The fourth-order valence-electron chi connectivity index (χ4n) is 2.68. The fourth-order valence-corrected chi connectivity index (χ4v) is 4.58. The summed E-state index contributed by atoms with van der Waals surface area (Å²) >= 11 is 18.1. The van der Waals surface area contributed by atoms with Gasteiger partial charge in [0.1, 0.15) is 6.54 Å². The highest BCUT2D eigenvalue weighted by atomic mass is 35.5. The van der Waals surface area contributed by atoms with Crippen LogP contribution in [0.1, 0.15) is 5.56 Å². The summed E-state index contributed by atoms with van der Waals surface area (Å²) < 4.78 is 27.5. The molecule has 0 saturated carbocycles. The van der Waals surface area contributed by atoms with Gasteiger partial charge in [0.25, 0.3) is 10.0 Å². The van der Waals surface area contributed by atoms with E-state index in [0.29, 0.717) is 10.7 Å². The van der Waals surface area contributed by atoms with Crippen LogP contribution < -0.4 is 9.62 Å². The third-order valence-corrected chi connectivity index (χ3v) is 7.20. The lowest BCUT2D eigenvalue weighted by atomic mass is 10.2. The van der Waals surface area contributed by atoms with Crippen molar-refractivity contribution < 1.29 is 13.2 Å². The molecule has 30 heavy (non-hydrogen) atoms. The molecule has 0 heterocycles. The number of sulfonamides is 1. The van der Waals surface area contributed by atoms with Gasteiger partial charge in [0.05, 0.1) is 20.6 Å². The van der Waals surface area contributed by atoms with Crippen LogP contribution in [0.2, 0.25) is 15.1 Å². The number of amides is 1. The second-order valence-corrected chi connectivity index (χ2v) is 9.52. The average molecular weight is 484 g/mol. The van der Waals surface area contributed by atoms with Gasteiger partial charge < -0.3 is 5.32 Å². The molecule has 3 aromatic carbocycles. The predicted molar refractivity (Wildman–Crippen MR) is 122 cm³/mol. The SMILES string of the molecule is Cc1ccc(NC(=O)CN(c2ccc(Cl)c(Cl)c2)S(=O)(=O)c2ccccc2)cc1Cl. The summed E-state index contributed by atoms with van der Waals surface area (Å²) in [5.41, 5.74) is 1.53. The summed E-state index contributed by atoms with van der Waals surface area (Å²) in [5, 5.41) is 3.61. The second kappa shape index (κ2) is 9.27. The molecule has 0 atom stereocenters. The minimum absolute atomic E-state index is 0.0438. The van der Waals surface area contributed by atoms with E-state index in [0.717, 1.165) is 9.87 Å². The molecule has 0 bridgehead atoms. The molecule has 0 saturated heterocycles. The Balaban J connectivity index is 1.95. The number of hydrogen-bond donors (Lipinski definition) is 1. The van der Waals surface area contributed by atoms with E-state index in [9.17, 15) is 13.2 Å². The van der Waals surface area contributed by atoms with Crippen molar-refractivity contribution in [2.45, 2.75) is 11.8 Å². The molecule has 0 unspecified atom stereocenters. The van der Waals surface area contributed by atoms with Gasteiger partial charge in [-0.05, 0) is 55.0 Å². The Labute approximate surface area is 190 Å². The summed E-state index contributed by atoms with van der Waals surface area (Å²) in [4.78, 5) is 12.7. The van der Waals surface area contributed by atoms with E-state index in [2.05, 4.69) is 5.32 Å². The first-order chi connectivity index (χ1) is 14.2. The molecule has 0 fully saturated rings. The zero-order chi connectivity index (χ0) is 21.9. The lowest BCUT2D eigenvalue weighted by molar-refractivity contribution is -0.114. The predicted octanol–water partition coefficient (Wildman–Crippen LogP) is 5.79. The van der Waals surface area contributed by atoms with Crippen molar-refractivity contribution in [3.05, 3.63) is 87.4 Å². The van der Waals surface area contributed by atoms with E-state index in [4.69, 9.17) is 34.8 Å². The Morgan fingerprint density at radius 1 is 0.900 bits per heavy atom. The van der Waals surface area contributed by atoms with Crippen LogP contribution in [0.15, 0.2) is 71.6 Å². The Hall–Kier alpha value is -2.25. The third kappa shape index (κ3) is 5.08. The molecular weight excluding hydrogens is 467 g/mol. The number of hydrogen-bond acceptors (Lipinski definition) is 3. The van der Waals surface area contributed by atoms with Crippen LogP contribution in [-0.2, 0) is 14.8 Å². The minimum Gasteiger partial charge on any atom is -0.324 e. The highest BCUT2D eigenvalue weighted by Crippen LogP contribution is 2.30. The van der Waals surface area contributed by atoms with Crippen molar-refractivity contribution in [2.24, 2.45) is 0 Å². The first kappa shape index (κ1) is 22.4. The van der Waals surface area contributed by atoms with Crippen LogP contribution in [0.25, 0.3) is 0 Å². The lowest BCUT2D eigenvalue weighted by Gasteiger charge is -2.24. The van der Waals surface area contributed by atoms with Crippen molar-refractivity contribution in [1.82, 2.24) is 0 Å². The van der Waals surface area contributed by atoms with Crippen molar-refractivity contribution in [3.63, 3.8) is 0 Å². The zero-order valence-corrected chi connectivity index (χ0v) is 18.9. The Bertz CT molecular complexity index is 1190. The first-order valence-corrected chi connectivity index (χ1v) is 11.3. The maximum atomic E-state index is 13.3. The standard InChI is InChI=1S/C21H17Cl3N2O3S/c1-14-7-8-15(11-19(14)23)25-21(27)13-26(16-9-10-18(22)20(24)12-16)30(28,29)17-5-3-2-4-6-17/h2-12H,13H2,1H3,(H,25,27). The number of halogens is 3. The molecule has 1 amide bonds. The molecule has 0 aliphatic carbocycles. The minimum atomic E-state index is -4.04. The van der Waals surface area contributed by atoms with Gasteiger partial charge in [-0.2, -0.15) is 0 Å². The van der Waals surface area contributed by atoms with Gasteiger partial charge in [-0.25, -0.2) is 8.42 Å². The molecule has 156 valence electrons. The van der Waals surface area contributed by atoms with Crippen LogP contribution in [0, 0.1) is 6.92 Å². The van der Waals surface area contributed by atoms with Gasteiger partial charge in [-0.15, -0.1) is 0 Å². The summed E-state index contributed by atoms with van der Waals surface area (Å²) in [6, 6.07) is 17.2. The maximum Gasteiger partial charge on any atom is 0.264 e. The number of carbonyl (C=O) groups excluding carboxylic acids is 1. The third-order valence-electron chi connectivity index (χ3n) is 4.27. The maximum absolute atomic E-state index is 13.3. The van der Waals surface area contributed by atoms with Crippen molar-refractivity contribution in [3.8, 4) is 0 Å². The number of benzene rings is 3. The molecule has 0 radical (unpaired) electrons. The second-order valence-electron chi connectivity index (χ2n) is 6.44. The number of rotatable bonds is 6. The van der Waals surface area contributed by atoms with E-state index in [-0.39, 0.29) is 20.6 Å². The van der Waals surface area contributed by atoms with Gasteiger partial charge in [0, 0.05) is 10.7 Å². The van der Waals surface area contributed by atoms with Gasteiger partial charge in [-0.1, -0.05) is 59.1 Å². The summed E-state index contributed by atoms with van der Waals surface area (Å²) in [5.74, 6) is -0.541.